The van der Waals surface area contributed by atoms with Crippen molar-refractivity contribution in [2.24, 2.45) is 0 Å². The fourth-order valence-corrected chi connectivity index (χ4v) is 2.18. The molecule has 1 aromatic rings. The molecule has 0 spiro atoms. The topological polar surface area (TPSA) is 24.1 Å². The zero-order valence-corrected chi connectivity index (χ0v) is 11.9. The fourth-order valence-electron chi connectivity index (χ4n) is 1.82. The van der Waals surface area contributed by atoms with E-state index >= 15 is 0 Å². The monoisotopic (exact) mass is 336 g/mol. The van der Waals surface area contributed by atoms with Gasteiger partial charge >= 0.3 is 6.18 Å². The minimum atomic E-state index is -4.32. The Hall–Kier alpha value is -0.750. The van der Waals surface area contributed by atoms with Crippen LogP contribution in [0.1, 0.15) is 24.8 Å². The SMILES string of the molecule is FC(F)(F)c1ccc(Br)cc1NCCCNC1CC1. The molecule has 2 nitrogen and oxygen atoms in total. The molecule has 0 heterocycles. The van der Waals surface area contributed by atoms with E-state index in [2.05, 4.69) is 26.6 Å². The fraction of sp³-hybridized carbons (Fsp3) is 0.538. The van der Waals surface area contributed by atoms with E-state index in [1.54, 1.807) is 0 Å². The van der Waals surface area contributed by atoms with Gasteiger partial charge in [-0.15, -0.1) is 0 Å². The number of hydrogen-bond donors (Lipinski definition) is 2. The van der Waals surface area contributed by atoms with E-state index in [1.807, 2.05) is 0 Å². The molecule has 0 atom stereocenters. The van der Waals surface area contributed by atoms with Crippen molar-refractivity contribution in [2.45, 2.75) is 31.5 Å². The minimum absolute atomic E-state index is 0.133. The van der Waals surface area contributed by atoms with Crippen LogP contribution in [-0.4, -0.2) is 19.1 Å². The van der Waals surface area contributed by atoms with Crippen molar-refractivity contribution in [1.29, 1.82) is 0 Å². The van der Waals surface area contributed by atoms with E-state index in [0.29, 0.717) is 17.1 Å². The van der Waals surface area contributed by atoms with Gasteiger partial charge in [0.15, 0.2) is 0 Å². The summed E-state index contributed by atoms with van der Waals surface area (Å²) >= 11 is 3.19. The molecule has 0 aliphatic heterocycles. The summed E-state index contributed by atoms with van der Waals surface area (Å²) in [5, 5.41) is 6.19. The maximum absolute atomic E-state index is 12.8. The van der Waals surface area contributed by atoms with Gasteiger partial charge in [0, 0.05) is 22.7 Å². The van der Waals surface area contributed by atoms with Gasteiger partial charge in [0.25, 0.3) is 0 Å². The molecule has 19 heavy (non-hydrogen) atoms. The number of rotatable bonds is 6. The summed E-state index contributed by atoms with van der Waals surface area (Å²) in [6, 6.07) is 4.60. The van der Waals surface area contributed by atoms with E-state index in [-0.39, 0.29) is 5.69 Å². The van der Waals surface area contributed by atoms with Crippen LogP contribution >= 0.6 is 15.9 Å². The van der Waals surface area contributed by atoms with Crippen molar-refractivity contribution in [1.82, 2.24) is 5.32 Å². The van der Waals surface area contributed by atoms with Crippen LogP contribution in [0.2, 0.25) is 0 Å². The van der Waals surface area contributed by atoms with Gasteiger partial charge in [0.05, 0.1) is 5.56 Å². The molecule has 1 saturated carbocycles. The number of alkyl halides is 3. The summed E-state index contributed by atoms with van der Waals surface area (Å²) < 4.78 is 39.0. The highest BCUT2D eigenvalue weighted by Gasteiger charge is 2.33. The van der Waals surface area contributed by atoms with Crippen LogP contribution in [-0.2, 0) is 6.18 Å². The molecule has 1 aliphatic rings. The lowest BCUT2D eigenvalue weighted by Gasteiger charge is -2.15. The summed E-state index contributed by atoms with van der Waals surface area (Å²) in [5.74, 6) is 0. The predicted molar refractivity (Wildman–Crippen MR) is 73.3 cm³/mol. The van der Waals surface area contributed by atoms with E-state index in [4.69, 9.17) is 0 Å². The zero-order valence-electron chi connectivity index (χ0n) is 10.4. The van der Waals surface area contributed by atoms with Gasteiger partial charge in [0.1, 0.15) is 0 Å². The number of nitrogens with one attached hydrogen (secondary N) is 2. The lowest BCUT2D eigenvalue weighted by Crippen LogP contribution is -2.20. The molecule has 0 aromatic heterocycles. The first-order valence-electron chi connectivity index (χ1n) is 6.31. The first-order valence-corrected chi connectivity index (χ1v) is 7.10. The first kappa shape index (κ1) is 14.7. The second-order valence-corrected chi connectivity index (χ2v) is 5.61. The van der Waals surface area contributed by atoms with Gasteiger partial charge in [0.2, 0.25) is 0 Å². The Morgan fingerprint density at radius 2 is 1.95 bits per heavy atom. The van der Waals surface area contributed by atoms with Crippen LogP contribution in [0.25, 0.3) is 0 Å². The van der Waals surface area contributed by atoms with Crippen molar-refractivity contribution in [3.05, 3.63) is 28.2 Å². The molecule has 6 heteroatoms. The van der Waals surface area contributed by atoms with Gasteiger partial charge in [-0.25, -0.2) is 0 Å². The second kappa shape index (κ2) is 6.13. The molecule has 0 saturated heterocycles. The Kier molecular flexibility index (Phi) is 4.73. The number of hydrogen-bond acceptors (Lipinski definition) is 2. The van der Waals surface area contributed by atoms with Crippen LogP contribution in [0.5, 0.6) is 0 Å². The Bertz CT molecular complexity index is 430. The van der Waals surface area contributed by atoms with Gasteiger partial charge < -0.3 is 10.6 Å². The maximum Gasteiger partial charge on any atom is 0.418 e. The standard InChI is InChI=1S/C13H16BrF3N2/c14-9-2-5-11(13(15,16)17)12(8-9)19-7-1-6-18-10-3-4-10/h2,5,8,10,18-19H,1,3-4,6-7H2. The largest absolute Gasteiger partial charge is 0.418 e. The molecule has 2 rings (SSSR count). The Morgan fingerprint density at radius 1 is 1.21 bits per heavy atom. The average Bonchev–Trinajstić information content (AvgIpc) is 3.11. The molecule has 0 bridgehead atoms. The quantitative estimate of drug-likeness (QED) is 0.766. The molecule has 2 N–H and O–H groups in total. The highest BCUT2D eigenvalue weighted by molar-refractivity contribution is 9.10. The number of halogens is 4. The van der Waals surface area contributed by atoms with E-state index in [9.17, 15) is 13.2 Å². The third-order valence-corrected chi connectivity index (χ3v) is 3.46. The Labute approximate surface area is 118 Å². The van der Waals surface area contributed by atoms with Crippen LogP contribution in [0.15, 0.2) is 22.7 Å². The average molecular weight is 337 g/mol. The lowest BCUT2D eigenvalue weighted by atomic mass is 10.1. The highest BCUT2D eigenvalue weighted by Crippen LogP contribution is 2.36. The smallest absolute Gasteiger partial charge is 0.384 e. The van der Waals surface area contributed by atoms with Crippen molar-refractivity contribution >= 4 is 21.6 Å². The van der Waals surface area contributed by atoms with Crippen molar-refractivity contribution < 1.29 is 13.2 Å². The third-order valence-electron chi connectivity index (χ3n) is 2.97. The van der Waals surface area contributed by atoms with Gasteiger partial charge in [-0.2, -0.15) is 13.2 Å². The van der Waals surface area contributed by atoms with Crippen LogP contribution in [0, 0.1) is 0 Å². The summed E-state index contributed by atoms with van der Waals surface area (Å²) in [4.78, 5) is 0. The highest BCUT2D eigenvalue weighted by atomic mass is 79.9. The summed E-state index contributed by atoms with van der Waals surface area (Å²) in [5.41, 5.74) is -0.487. The molecule has 106 valence electrons. The number of benzene rings is 1. The molecule has 1 aromatic carbocycles. The van der Waals surface area contributed by atoms with Gasteiger partial charge in [-0.3, -0.25) is 0 Å². The Balaban J connectivity index is 1.88. The van der Waals surface area contributed by atoms with Crippen LogP contribution in [0.3, 0.4) is 0 Å². The third kappa shape index (κ3) is 4.69. The van der Waals surface area contributed by atoms with Crippen molar-refractivity contribution in [2.75, 3.05) is 18.4 Å². The molecule has 1 fully saturated rings. The molecule has 0 amide bonds. The molecular formula is C13H16BrF3N2. The molecular weight excluding hydrogens is 321 g/mol. The molecule has 0 unspecified atom stereocenters. The van der Waals surface area contributed by atoms with Crippen molar-refractivity contribution in [3.8, 4) is 0 Å². The number of anilines is 1. The first-order chi connectivity index (χ1) is 8.97. The zero-order chi connectivity index (χ0) is 13.9. The van der Waals surface area contributed by atoms with E-state index in [0.717, 1.165) is 19.0 Å². The van der Waals surface area contributed by atoms with Gasteiger partial charge in [-0.05, 0) is 44.0 Å². The lowest BCUT2D eigenvalue weighted by molar-refractivity contribution is -0.136. The summed E-state index contributed by atoms with van der Waals surface area (Å²) in [6.45, 7) is 1.37. The van der Waals surface area contributed by atoms with E-state index < -0.39 is 11.7 Å². The second-order valence-electron chi connectivity index (χ2n) is 4.70. The van der Waals surface area contributed by atoms with Crippen molar-refractivity contribution in [3.63, 3.8) is 0 Å². The minimum Gasteiger partial charge on any atom is -0.384 e. The molecule has 1 aliphatic carbocycles. The maximum atomic E-state index is 12.8. The predicted octanol–water partition coefficient (Wildman–Crippen LogP) is 4.02. The van der Waals surface area contributed by atoms with Gasteiger partial charge in [-0.1, -0.05) is 15.9 Å². The van der Waals surface area contributed by atoms with E-state index in [1.165, 1.54) is 25.0 Å². The van der Waals surface area contributed by atoms with Crippen LogP contribution < -0.4 is 10.6 Å². The Morgan fingerprint density at radius 3 is 2.58 bits per heavy atom. The normalized spacial score (nSPS) is 15.6. The summed E-state index contributed by atoms with van der Waals surface area (Å²) in [6.07, 6.45) is -1.08. The molecule has 0 radical (unpaired) electrons. The van der Waals surface area contributed by atoms with Crippen LogP contribution in [0.4, 0.5) is 18.9 Å². The summed E-state index contributed by atoms with van der Waals surface area (Å²) in [7, 11) is 0.